The standard InChI is InChI=1S/C23H28N2O3/c1-5-10-18(6-2)17-19-13-15-25(16-14-19)23(27)28-24(4)22(26)21-12-9-8-11-20(21)7-3/h5-12,19H,1-3,13-17H2,4H3/b18-10+. The van der Waals surface area contributed by atoms with Crippen LogP contribution in [-0.4, -0.2) is 42.1 Å². The molecule has 0 unspecified atom stereocenters. The minimum atomic E-state index is -0.504. The topological polar surface area (TPSA) is 49.9 Å². The Morgan fingerprint density at radius 1 is 1.21 bits per heavy atom. The molecule has 1 aromatic carbocycles. The lowest BCUT2D eigenvalue weighted by molar-refractivity contribution is -0.0677. The Hall–Kier alpha value is -3.08. The Balaban J connectivity index is 1.89. The molecule has 1 fully saturated rings. The van der Waals surface area contributed by atoms with Crippen molar-refractivity contribution in [1.82, 2.24) is 9.96 Å². The average Bonchev–Trinajstić information content (AvgIpc) is 2.73. The quantitative estimate of drug-likeness (QED) is 0.523. The summed E-state index contributed by atoms with van der Waals surface area (Å²) in [6, 6.07) is 7.06. The second-order valence-electron chi connectivity index (χ2n) is 6.77. The van der Waals surface area contributed by atoms with Crippen LogP contribution in [0.25, 0.3) is 6.08 Å². The molecule has 2 amide bonds. The van der Waals surface area contributed by atoms with Gasteiger partial charge in [0, 0.05) is 25.7 Å². The number of hydrogen-bond acceptors (Lipinski definition) is 3. The van der Waals surface area contributed by atoms with Crippen LogP contribution in [-0.2, 0) is 4.84 Å². The third-order valence-electron chi connectivity index (χ3n) is 4.90. The molecular formula is C23H28N2O3. The number of allylic oxidation sites excluding steroid dienone is 4. The van der Waals surface area contributed by atoms with E-state index >= 15 is 0 Å². The normalized spacial score (nSPS) is 14.9. The van der Waals surface area contributed by atoms with Gasteiger partial charge in [-0.05, 0) is 42.4 Å². The van der Waals surface area contributed by atoms with Crippen LogP contribution < -0.4 is 0 Å². The zero-order chi connectivity index (χ0) is 20.5. The van der Waals surface area contributed by atoms with Crippen LogP contribution in [0.4, 0.5) is 4.79 Å². The molecule has 0 aliphatic carbocycles. The highest BCUT2D eigenvalue weighted by molar-refractivity contribution is 5.97. The molecule has 1 aliphatic rings. The molecule has 2 rings (SSSR count). The molecule has 0 saturated carbocycles. The van der Waals surface area contributed by atoms with Crippen molar-refractivity contribution in [1.29, 1.82) is 0 Å². The molecule has 0 bridgehead atoms. The molecule has 0 radical (unpaired) electrons. The van der Waals surface area contributed by atoms with E-state index in [9.17, 15) is 9.59 Å². The molecule has 1 aliphatic heterocycles. The average molecular weight is 380 g/mol. The minimum absolute atomic E-state index is 0.385. The van der Waals surface area contributed by atoms with Crippen LogP contribution in [0, 0.1) is 5.92 Å². The first-order chi connectivity index (χ1) is 13.5. The number of carbonyl (C=O) groups is 2. The van der Waals surface area contributed by atoms with Crippen LogP contribution in [0.2, 0.25) is 0 Å². The zero-order valence-electron chi connectivity index (χ0n) is 16.5. The molecule has 5 nitrogen and oxygen atoms in total. The SMILES string of the molecule is C=C/C=C(\C=C)CC1CCN(C(=O)ON(C)C(=O)c2ccccc2C=C)CC1. The second-order valence-corrected chi connectivity index (χ2v) is 6.77. The van der Waals surface area contributed by atoms with E-state index < -0.39 is 6.09 Å². The van der Waals surface area contributed by atoms with E-state index in [1.165, 1.54) is 7.05 Å². The number of hydrogen-bond donors (Lipinski definition) is 0. The first kappa shape index (κ1) is 21.2. The van der Waals surface area contributed by atoms with Gasteiger partial charge in [0.25, 0.3) is 5.91 Å². The fourth-order valence-corrected chi connectivity index (χ4v) is 3.28. The Labute approximate surface area is 167 Å². The van der Waals surface area contributed by atoms with Crippen LogP contribution in [0.1, 0.15) is 35.2 Å². The number of benzene rings is 1. The third-order valence-corrected chi connectivity index (χ3v) is 4.90. The summed E-state index contributed by atoms with van der Waals surface area (Å²) in [4.78, 5) is 31.9. The summed E-state index contributed by atoms with van der Waals surface area (Å²) in [5.41, 5.74) is 2.29. The number of rotatable bonds is 6. The van der Waals surface area contributed by atoms with Crippen molar-refractivity contribution < 1.29 is 14.4 Å². The van der Waals surface area contributed by atoms with Gasteiger partial charge >= 0.3 is 6.09 Å². The molecule has 0 N–H and O–H groups in total. The van der Waals surface area contributed by atoms with Gasteiger partial charge in [-0.2, -0.15) is 5.06 Å². The van der Waals surface area contributed by atoms with Gasteiger partial charge in [0.2, 0.25) is 0 Å². The summed E-state index contributed by atoms with van der Waals surface area (Å²) in [7, 11) is 1.45. The Morgan fingerprint density at radius 3 is 2.50 bits per heavy atom. The number of hydroxylamine groups is 2. The fraction of sp³-hybridized carbons (Fsp3) is 0.304. The van der Waals surface area contributed by atoms with Crippen molar-refractivity contribution in [2.45, 2.75) is 19.3 Å². The third kappa shape index (κ3) is 5.46. The lowest BCUT2D eigenvalue weighted by Crippen LogP contribution is -2.42. The second kappa shape index (κ2) is 10.3. The summed E-state index contributed by atoms with van der Waals surface area (Å²) in [5.74, 6) is 0.107. The maximum absolute atomic E-state index is 12.6. The lowest BCUT2D eigenvalue weighted by Gasteiger charge is -2.32. The van der Waals surface area contributed by atoms with Crippen molar-refractivity contribution in [3.05, 3.63) is 78.9 Å². The Morgan fingerprint density at radius 2 is 1.89 bits per heavy atom. The minimum Gasteiger partial charge on any atom is -0.319 e. The number of likely N-dealkylation sites (tertiary alicyclic amines) is 1. The number of nitrogens with zero attached hydrogens (tertiary/aromatic N) is 2. The van der Waals surface area contributed by atoms with Gasteiger partial charge in [-0.3, -0.25) is 4.79 Å². The Kier molecular flexibility index (Phi) is 7.81. The highest BCUT2D eigenvalue weighted by atomic mass is 16.7. The molecule has 0 spiro atoms. The van der Waals surface area contributed by atoms with Crippen LogP contribution in [0.3, 0.4) is 0 Å². The highest BCUT2D eigenvalue weighted by Gasteiger charge is 2.26. The largest absolute Gasteiger partial charge is 0.434 e. The van der Waals surface area contributed by atoms with Crippen molar-refractivity contribution >= 4 is 18.1 Å². The smallest absolute Gasteiger partial charge is 0.319 e. The number of carbonyl (C=O) groups excluding carboxylic acids is 2. The van der Waals surface area contributed by atoms with E-state index in [2.05, 4.69) is 19.7 Å². The van der Waals surface area contributed by atoms with E-state index in [-0.39, 0.29) is 5.91 Å². The summed E-state index contributed by atoms with van der Waals surface area (Å²) >= 11 is 0. The summed E-state index contributed by atoms with van der Waals surface area (Å²) in [5, 5.41) is 0.986. The molecule has 148 valence electrons. The van der Waals surface area contributed by atoms with Crippen molar-refractivity contribution in [2.75, 3.05) is 20.1 Å². The molecule has 1 aromatic rings. The van der Waals surface area contributed by atoms with Gasteiger partial charge in [0.15, 0.2) is 0 Å². The summed E-state index contributed by atoms with van der Waals surface area (Å²) in [6.45, 7) is 12.5. The van der Waals surface area contributed by atoms with E-state index in [1.54, 1.807) is 35.3 Å². The maximum Gasteiger partial charge on any atom is 0.434 e. The van der Waals surface area contributed by atoms with E-state index in [4.69, 9.17) is 4.84 Å². The van der Waals surface area contributed by atoms with Gasteiger partial charge in [0.05, 0.1) is 0 Å². The van der Waals surface area contributed by atoms with Gasteiger partial charge in [-0.25, -0.2) is 4.79 Å². The first-order valence-corrected chi connectivity index (χ1v) is 9.40. The predicted molar refractivity (Wildman–Crippen MR) is 112 cm³/mol. The van der Waals surface area contributed by atoms with E-state index in [0.29, 0.717) is 30.1 Å². The number of piperidine rings is 1. The molecule has 0 atom stereocenters. The summed E-state index contributed by atoms with van der Waals surface area (Å²) < 4.78 is 0. The van der Waals surface area contributed by atoms with E-state index in [1.807, 2.05) is 18.2 Å². The number of amides is 2. The molecule has 5 heteroatoms. The fourth-order valence-electron chi connectivity index (χ4n) is 3.28. The van der Waals surface area contributed by atoms with E-state index in [0.717, 1.165) is 29.9 Å². The summed E-state index contributed by atoms with van der Waals surface area (Å²) in [6.07, 6.45) is 9.38. The molecule has 1 heterocycles. The monoisotopic (exact) mass is 380 g/mol. The maximum atomic E-state index is 12.6. The lowest BCUT2D eigenvalue weighted by atomic mass is 9.90. The molecule has 28 heavy (non-hydrogen) atoms. The molecular weight excluding hydrogens is 352 g/mol. The molecule has 1 saturated heterocycles. The van der Waals surface area contributed by atoms with Crippen molar-refractivity contribution in [2.24, 2.45) is 5.92 Å². The molecule has 0 aromatic heterocycles. The van der Waals surface area contributed by atoms with Gasteiger partial charge in [-0.15, -0.1) is 0 Å². The van der Waals surface area contributed by atoms with Gasteiger partial charge < -0.3 is 9.74 Å². The predicted octanol–water partition coefficient (Wildman–Crippen LogP) is 4.85. The van der Waals surface area contributed by atoms with Crippen LogP contribution in [0.5, 0.6) is 0 Å². The van der Waals surface area contributed by atoms with Crippen molar-refractivity contribution in [3.8, 4) is 0 Å². The van der Waals surface area contributed by atoms with Gasteiger partial charge in [0.1, 0.15) is 0 Å². The van der Waals surface area contributed by atoms with Crippen LogP contribution in [0.15, 0.2) is 67.8 Å². The van der Waals surface area contributed by atoms with Gasteiger partial charge in [-0.1, -0.05) is 62.2 Å². The van der Waals surface area contributed by atoms with Crippen molar-refractivity contribution in [3.63, 3.8) is 0 Å². The first-order valence-electron chi connectivity index (χ1n) is 9.40. The highest BCUT2D eigenvalue weighted by Crippen LogP contribution is 2.25. The zero-order valence-corrected chi connectivity index (χ0v) is 16.5. The Bertz CT molecular complexity index is 774. The van der Waals surface area contributed by atoms with Crippen LogP contribution >= 0.6 is 0 Å².